The SMILES string of the molecule is CCCn1nccc1CNC(=O)c1cc(-c2ccc(F)cc2)nc2ncnn12. The highest BCUT2D eigenvalue weighted by Crippen LogP contribution is 2.19. The van der Waals surface area contributed by atoms with Crippen LogP contribution in [0.2, 0.25) is 0 Å². The van der Waals surface area contributed by atoms with Crippen LogP contribution in [-0.4, -0.2) is 35.3 Å². The van der Waals surface area contributed by atoms with E-state index in [9.17, 15) is 9.18 Å². The molecule has 1 aromatic carbocycles. The second-order valence-corrected chi connectivity index (χ2v) is 6.23. The Morgan fingerprint density at radius 3 is 2.79 bits per heavy atom. The van der Waals surface area contributed by atoms with Gasteiger partial charge in [-0.25, -0.2) is 9.37 Å². The van der Waals surface area contributed by atoms with Gasteiger partial charge in [-0.15, -0.1) is 0 Å². The standard InChI is InChI=1S/C19H18FN7O/c1-2-9-26-15(7-8-23-26)11-21-18(28)17-10-16(13-3-5-14(20)6-4-13)25-19-22-12-24-27(17)19/h3-8,10,12H,2,9,11H2,1H3,(H,21,28). The van der Waals surface area contributed by atoms with Gasteiger partial charge in [0, 0.05) is 18.3 Å². The van der Waals surface area contributed by atoms with Crippen LogP contribution in [0.25, 0.3) is 17.0 Å². The average Bonchev–Trinajstić information content (AvgIpc) is 3.35. The number of aryl methyl sites for hydroxylation is 1. The van der Waals surface area contributed by atoms with Crippen molar-refractivity contribution in [3.63, 3.8) is 0 Å². The number of hydrogen-bond acceptors (Lipinski definition) is 5. The number of benzene rings is 1. The summed E-state index contributed by atoms with van der Waals surface area (Å²) in [6.45, 7) is 3.19. The van der Waals surface area contributed by atoms with Gasteiger partial charge in [-0.05, 0) is 42.8 Å². The van der Waals surface area contributed by atoms with E-state index in [4.69, 9.17) is 0 Å². The summed E-state index contributed by atoms with van der Waals surface area (Å²) < 4.78 is 16.5. The van der Waals surface area contributed by atoms with Crippen LogP contribution >= 0.6 is 0 Å². The Bertz CT molecular complexity index is 1120. The van der Waals surface area contributed by atoms with Gasteiger partial charge in [0.25, 0.3) is 11.7 Å². The fraction of sp³-hybridized carbons (Fsp3) is 0.211. The van der Waals surface area contributed by atoms with Gasteiger partial charge >= 0.3 is 0 Å². The first kappa shape index (κ1) is 17.8. The Hall–Kier alpha value is -3.62. The zero-order valence-corrected chi connectivity index (χ0v) is 15.2. The molecule has 0 unspecified atom stereocenters. The molecule has 4 aromatic rings. The van der Waals surface area contributed by atoms with Gasteiger partial charge < -0.3 is 5.32 Å². The normalized spacial score (nSPS) is 11.1. The molecule has 0 saturated carbocycles. The third-order valence-electron chi connectivity index (χ3n) is 4.29. The molecule has 142 valence electrons. The number of carbonyl (C=O) groups excluding carboxylic acids is 1. The zero-order chi connectivity index (χ0) is 19.5. The van der Waals surface area contributed by atoms with Crippen LogP contribution in [0.5, 0.6) is 0 Å². The van der Waals surface area contributed by atoms with E-state index in [1.54, 1.807) is 24.4 Å². The number of fused-ring (bicyclic) bond motifs is 1. The summed E-state index contributed by atoms with van der Waals surface area (Å²) >= 11 is 0. The summed E-state index contributed by atoms with van der Waals surface area (Å²) in [6.07, 6.45) is 4.00. The molecule has 8 nitrogen and oxygen atoms in total. The van der Waals surface area contributed by atoms with Gasteiger partial charge in [0.1, 0.15) is 17.8 Å². The van der Waals surface area contributed by atoms with Crippen molar-refractivity contribution < 1.29 is 9.18 Å². The first-order valence-corrected chi connectivity index (χ1v) is 8.91. The van der Waals surface area contributed by atoms with Crippen LogP contribution in [0.1, 0.15) is 29.5 Å². The van der Waals surface area contributed by atoms with Gasteiger partial charge in [-0.2, -0.15) is 19.7 Å². The fourth-order valence-corrected chi connectivity index (χ4v) is 2.93. The van der Waals surface area contributed by atoms with Gasteiger partial charge in [0.2, 0.25) is 0 Å². The number of aromatic nitrogens is 6. The molecule has 0 radical (unpaired) electrons. The van der Waals surface area contributed by atoms with E-state index in [1.807, 2.05) is 10.7 Å². The second kappa shape index (κ2) is 7.55. The molecule has 1 amide bonds. The molecule has 0 atom stereocenters. The molecule has 28 heavy (non-hydrogen) atoms. The summed E-state index contributed by atoms with van der Waals surface area (Å²) in [5.41, 5.74) is 2.41. The average molecular weight is 379 g/mol. The van der Waals surface area contributed by atoms with Crippen molar-refractivity contribution in [2.45, 2.75) is 26.4 Å². The molecule has 0 aliphatic carbocycles. The van der Waals surface area contributed by atoms with E-state index in [0.29, 0.717) is 29.3 Å². The molecule has 0 aliphatic heterocycles. The quantitative estimate of drug-likeness (QED) is 0.556. The maximum atomic E-state index is 13.2. The van der Waals surface area contributed by atoms with E-state index >= 15 is 0 Å². The number of carbonyl (C=O) groups is 1. The van der Waals surface area contributed by atoms with Gasteiger partial charge in [-0.1, -0.05) is 6.92 Å². The van der Waals surface area contributed by atoms with Crippen molar-refractivity contribution in [3.8, 4) is 11.3 Å². The largest absolute Gasteiger partial charge is 0.345 e. The molecular formula is C19H18FN7O. The second-order valence-electron chi connectivity index (χ2n) is 6.23. The minimum absolute atomic E-state index is 0.294. The minimum Gasteiger partial charge on any atom is -0.345 e. The lowest BCUT2D eigenvalue weighted by Crippen LogP contribution is -2.27. The van der Waals surface area contributed by atoms with E-state index < -0.39 is 0 Å². The van der Waals surface area contributed by atoms with Crippen LogP contribution in [-0.2, 0) is 13.1 Å². The lowest BCUT2D eigenvalue weighted by Gasteiger charge is -2.10. The van der Waals surface area contributed by atoms with Crippen molar-refractivity contribution >= 4 is 11.7 Å². The van der Waals surface area contributed by atoms with Crippen LogP contribution in [0.15, 0.2) is 48.9 Å². The Labute approximate surface area is 160 Å². The summed E-state index contributed by atoms with van der Waals surface area (Å²) in [5.74, 6) is -0.359. The first-order valence-electron chi connectivity index (χ1n) is 8.91. The van der Waals surface area contributed by atoms with E-state index in [0.717, 1.165) is 18.7 Å². The molecule has 3 aromatic heterocycles. The molecule has 0 fully saturated rings. The predicted octanol–water partition coefficient (Wildman–Crippen LogP) is 2.47. The smallest absolute Gasteiger partial charge is 0.270 e. The maximum absolute atomic E-state index is 13.2. The number of nitrogens with zero attached hydrogens (tertiary/aromatic N) is 6. The van der Waals surface area contributed by atoms with Gasteiger partial charge in [0.05, 0.1) is 17.9 Å². The molecule has 4 rings (SSSR count). The van der Waals surface area contributed by atoms with Crippen molar-refractivity contribution in [2.75, 3.05) is 0 Å². The van der Waals surface area contributed by atoms with Crippen molar-refractivity contribution in [1.82, 2.24) is 34.7 Å². The Morgan fingerprint density at radius 1 is 1.18 bits per heavy atom. The van der Waals surface area contributed by atoms with Crippen molar-refractivity contribution in [1.29, 1.82) is 0 Å². The predicted molar refractivity (Wildman–Crippen MR) is 99.9 cm³/mol. The zero-order valence-electron chi connectivity index (χ0n) is 15.2. The van der Waals surface area contributed by atoms with E-state index in [1.165, 1.54) is 23.0 Å². The number of hydrogen-bond donors (Lipinski definition) is 1. The third-order valence-corrected chi connectivity index (χ3v) is 4.29. The molecule has 0 bridgehead atoms. The lowest BCUT2D eigenvalue weighted by molar-refractivity contribution is 0.0942. The monoisotopic (exact) mass is 379 g/mol. The number of amides is 1. The van der Waals surface area contributed by atoms with Gasteiger partial charge in [-0.3, -0.25) is 9.48 Å². The third kappa shape index (κ3) is 3.46. The molecule has 0 saturated heterocycles. The molecule has 1 N–H and O–H groups in total. The topological polar surface area (TPSA) is 90.0 Å². The fourth-order valence-electron chi connectivity index (χ4n) is 2.93. The Kier molecular flexibility index (Phi) is 4.79. The molecule has 0 aliphatic rings. The van der Waals surface area contributed by atoms with Crippen LogP contribution in [0, 0.1) is 5.82 Å². The van der Waals surface area contributed by atoms with E-state index in [2.05, 4.69) is 32.4 Å². The summed E-state index contributed by atoms with van der Waals surface area (Å²) in [4.78, 5) is 21.3. The van der Waals surface area contributed by atoms with Crippen LogP contribution in [0.3, 0.4) is 0 Å². The first-order chi connectivity index (χ1) is 13.7. The molecule has 0 spiro atoms. The number of rotatable bonds is 6. The van der Waals surface area contributed by atoms with Crippen LogP contribution in [0.4, 0.5) is 4.39 Å². The lowest BCUT2D eigenvalue weighted by atomic mass is 10.1. The highest BCUT2D eigenvalue weighted by atomic mass is 19.1. The summed E-state index contributed by atoms with van der Waals surface area (Å²) in [5, 5.41) is 11.2. The van der Waals surface area contributed by atoms with Gasteiger partial charge in [0.15, 0.2) is 0 Å². The summed E-state index contributed by atoms with van der Waals surface area (Å²) in [6, 6.07) is 9.40. The Morgan fingerprint density at radius 2 is 2.00 bits per heavy atom. The number of halogens is 1. The Balaban J connectivity index is 1.63. The number of nitrogens with one attached hydrogen (secondary N) is 1. The molecule has 3 heterocycles. The van der Waals surface area contributed by atoms with E-state index in [-0.39, 0.29) is 11.7 Å². The van der Waals surface area contributed by atoms with Crippen molar-refractivity contribution in [2.24, 2.45) is 0 Å². The minimum atomic E-state index is -0.339. The van der Waals surface area contributed by atoms with Crippen molar-refractivity contribution in [3.05, 3.63) is 66.1 Å². The highest BCUT2D eigenvalue weighted by Gasteiger charge is 2.16. The highest BCUT2D eigenvalue weighted by molar-refractivity contribution is 5.94. The maximum Gasteiger partial charge on any atom is 0.270 e. The summed E-state index contributed by atoms with van der Waals surface area (Å²) in [7, 11) is 0. The molecular weight excluding hydrogens is 361 g/mol. The molecule has 9 heteroatoms. The van der Waals surface area contributed by atoms with Crippen LogP contribution < -0.4 is 5.32 Å².